The Bertz CT molecular complexity index is 1170. The van der Waals surface area contributed by atoms with Gasteiger partial charge >= 0.3 is 0 Å². The standard InChI is InChI=1S/C21H18N6O/c1-13-9-20(27-26-13)24-19-11-15-10-17(28-2)7-8-18(15)21(25-19)23-16-5-3-14(12-22)4-6-16/h3-11H,1-2H3,(H3,23,24,25,26,27). The van der Waals surface area contributed by atoms with E-state index in [1.807, 2.05) is 49.4 Å². The van der Waals surface area contributed by atoms with Crippen LogP contribution < -0.4 is 15.4 Å². The van der Waals surface area contributed by atoms with Crippen LogP contribution in [0.2, 0.25) is 0 Å². The molecule has 2 aromatic carbocycles. The second-order valence-electron chi connectivity index (χ2n) is 6.32. The number of aromatic amines is 1. The van der Waals surface area contributed by atoms with E-state index in [4.69, 9.17) is 15.0 Å². The van der Waals surface area contributed by atoms with Crippen LogP contribution in [0.15, 0.2) is 54.6 Å². The largest absolute Gasteiger partial charge is 0.497 e. The van der Waals surface area contributed by atoms with Crippen molar-refractivity contribution in [3.05, 3.63) is 65.9 Å². The number of nitriles is 1. The van der Waals surface area contributed by atoms with Gasteiger partial charge < -0.3 is 15.4 Å². The molecular weight excluding hydrogens is 352 g/mol. The number of anilines is 4. The molecule has 3 N–H and O–H groups in total. The number of aromatic nitrogens is 3. The molecule has 7 nitrogen and oxygen atoms in total. The summed E-state index contributed by atoms with van der Waals surface area (Å²) in [6, 6.07) is 19.0. The number of fused-ring (bicyclic) bond motifs is 1. The van der Waals surface area contributed by atoms with Crippen molar-refractivity contribution in [3.8, 4) is 11.8 Å². The number of nitrogens with one attached hydrogen (secondary N) is 3. The minimum Gasteiger partial charge on any atom is -0.497 e. The number of hydrogen-bond acceptors (Lipinski definition) is 6. The molecule has 0 atom stereocenters. The van der Waals surface area contributed by atoms with Gasteiger partial charge in [0.15, 0.2) is 5.82 Å². The van der Waals surface area contributed by atoms with Gasteiger partial charge in [-0.05, 0) is 60.8 Å². The summed E-state index contributed by atoms with van der Waals surface area (Å²) in [6.07, 6.45) is 0. The number of ether oxygens (including phenoxy) is 1. The average Bonchev–Trinajstić information content (AvgIpc) is 3.12. The maximum absolute atomic E-state index is 8.98. The van der Waals surface area contributed by atoms with E-state index in [-0.39, 0.29) is 0 Å². The summed E-state index contributed by atoms with van der Waals surface area (Å²) in [5.74, 6) is 2.81. The maximum atomic E-state index is 8.98. The van der Waals surface area contributed by atoms with E-state index in [0.29, 0.717) is 23.0 Å². The van der Waals surface area contributed by atoms with Gasteiger partial charge in [0.2, 0.25) is 0 Å². The van der Waals surface area contributed by atoms with E-state index in [1.54, 1.807) is 19.2 Å². The summed E-state index contributed by atoms with van der Waals surface area (Å²) in [6.45, 7) is 1.94. The lowest BCUT2D eigenvalue weighted by atomic mass is 10.1. The maximum Gasteiger partial charge on any atom is 0.153 e. The molecule has 4 rings (SSSR count). The van der Waals surface area contributed by atoms with Gasteiger partial charge in [0.05, 0.1) is 18.7 Å². The summed E-state index contributed by atoms with van der Waals surface area (Å²) in [7, 11) is 1.64. The minimum absolute atomic E-state index is 0.609. The van der Waals surface area contributed by atoms with Gasteiger partial charge in [-0.1, -0.05) is 0 Å². The molecule has 0 unspecified atom stereocenters. The van der Waals surface area contributed by atoms with Crippen LogP contribution in [0.3, 0.4) is 0 Å². The van der Waals surface area contributed by atoms with Crippen molar-refractivity contribution in [1.82, 2.24) is 15.2 Å². The first-order valence-corrected chi connectivity index (χ1v) is 8.69. The quantitative estimate of drug-likeness (QED) is 0.474. The molecule has 0 spiro atoms. The van der Waals surface area contributed by atoms with Crippen molar-refractivity contribution >= 4 is 33.9 Å². The highest BCUT2D eigenvalue weighted by Crippen LogP contribution is 2.31. The molecule has 0 aliphatic carbocycles. The summed E-state index contributed by atoms with van der Waals surface area (Å²) >= 11 is 0. The number of H-pyrrole nitrogens is 1. The van der Waals surface area contributed by atoms with Crippen LogP contribution in [0.5, 0.6) is 5.75 Å². The van der Waals surface area contributed by atoms with E-state index in [0.717, 1.165) is 27.9 Å². The molecule has 0 aliphatic heterocycles. The highest BCUT2D eigenvalue weighted by Gasteiger charge is 2.09. The number of benzene rings is 2. The minimum atomic E-state index is 0.609. The third-order valence-electron chi connectivity index (χ3n) is 4.28. The third-order valence-corrected chi connectivity index (χ3v) is 4.28. The molecule has 0 aliphatic rings. The van der Waals surface area contributed by atoms with Crippen LogP contribution in [-0.4, -0.2) is 22.3 Å². The fraction of sp³-hybridized carbons (Fsp3) is 0.0952. The summed E-state index contributed by atoms with van der Waals surface area (Å²) in [5, 5.41) is 24.6. The Morgan fingerprint density at radius 3 is 2.50 bits per heavy atom. The Morgan fingerprint density at radius 1 is 1.00 bits per heavy atom. The lowest BCUT2D eigenvalue weighted by Crippen LogP contribution is -2.00. The molecule has 7 heteroatoms. The van der Waals surface area contributed by atoms with Gasteiger partial charge in [0.1, 0.15) is 17.4 Å². The Hall–Kier alpha value is -4.05. The first-order chi connectivity index (χ1) is 13.6. The Kier molecular flexibility index (Phi) is 4.52. The smallest absolute Gasteiger partial charge is 0.153 e. The number of pyridine rings is 1. The molecule has 2 aromatic heterocycles. The Balaban J connectivity index is 1.76. The lowest BCUT2D eigenvalue weighted by Gasteiger charge is -2.13. The molecule has 0 radical (unpaired) electrons. The molecule has 2 heterocycles. The molecular formula is C21H18N6O. The Morgan fingerprint density at radius 2 is 1.82 bits per heavy atom. The van der Waals surface area contributed by atoms with Crippen LogP contribution in [0.1, 0.15) is 11.3 Å². The second kappa shape index (κ2) is 7.29. The molecule has 0 amide bonds. The van der Waals surface area contributed by atoms with Crippen LogP contribution >= 0.6 is 0 Å². The van der Waals surface area contributed by atoms with Crippen LogP contribution in [0.4, 0.5) is 23.1 Å². The van der Waals surface area contributed by atoms with E-state index in [9.17, 15) is 0 Å². The summed E-state index contributed by atoms with van der Waals surface area (Å²) in [5.41, 5.74) is 2.41. The third kappa shape index (κ3) is 3.57. The number of methoxy groups -OCH3 is 1. The molecule has 0 saturated heterocycles. The highest BCUT2D eigenvalue weighted by atomic mass is 16.5. The van der Waals surface area contributed by atoms with E-state index in [1.165, 1.54) is 0 Å². The van der Waals surface area contributed by atoms with Gasteiger partial charge in [-0.25, -0.2) is 4.98 Å². The predicted molar refractivity (Wildman–Crippen MR) is 109 cm³/mol. The highest BCUT2D eigenvalue weighted by molar-refractivity contribution is 5.96. The molecule has 28 heavy (non-hydrogen) atoms. The number of hydrogen-bond donors (Lipinski definition) is 3. The molecule has 4 aromatic rings. The van der Waals surface area contributed by atoms with Gasteiger partial charge in [0.25, 0.3) is 0 Å². The van der Waals surface area contributed by atoms with Crippen molar-refractivity contribution in [2.24, 2.45) is 0 Å². The van der Waals surface area contributed by atoms with Gasteiger partial charge in [0, 0.05) is 22.8 Å². The second-order valence-corrected chi connectivity index (χ2v) is 6.32. The predicted octanol–water partition coefficient (Wildman–Crippen LogP) is 4.63. The van der Waals surface area contributed by atoms with Crippen LogP contribution in [0.25, 0.3) is 10.8 Å². The van der Waals surface area contributed by atoms with Crippen molar-refractivity contribution in [3.63, 3.8) is 0 Å². The SMILES string of the molecule is COc1ccc2c(Nc3ccc(C#N)cc3)nc(Nc3cc(C)[nH]n3)cc2c1. The fourth-order valence-electron chi connectivity index (χ4n) is 2.90. The van der Waals surface area contributed by atoms with Crippen molar-refractivity contribution < 1.29 is 4.74 Å². The van der Waals surface area contributed by atoms with Gasteiger partial charge in [-0.3, -0.25) is 5.10 Å². The molecule has 0 saturated carbocycles. The van der Waals surface area contributed by atoms with Gasteiger partial charge in [-0.15, -0.1) is 0 Å². The summed E-state index contributed by atoms with van der Waals surface area (Å²) < 4.78 is 5.36. The average molecular weight is 370 g/mol. The molecule has 0 bridgehead atoms. The first-order valence-electron chi connectivity index (χ1n) is 8.69. The molecule has 138 valence electrons. The number of aryl methyl sites for hydroxylation is 1. The number of nitrogens with zero attached hydrogens (tertiary/aromatic N) is 3. The zero-order chi connectivity index (χ0) is 19.5. The van der Waals surface area contributed by atoms with Crippen molar-refractivity contribution in [1.29, 1.82) is 5.26 Å². The fourth-order valence-corrected chi connectivity index (χ4v) is 2.90. The normalized spacial score (nSPS) is 10.5. The van der Waals surface area contributed by atoms with Crippen molar-refractivity contribution in [2.75, 3.05) is 17.7 Å². The zero-order valence-corrected chi connectivity index (χ0v) is 15.4. The topological polar surface area (TPSA) is 98.6 Å². The van der Waals surface area contributed by atoms with Crippen LogP contribution in [-0.2, 0) is 0 Å². The van der Waals surface area contributed by atoms with E-state index < -0.39 is 0 Å². The molecule has 0 fully saturated rings. The monoisotopic (exact) mass is 370 g/mol. The van der Waals surface area contributed by atoms with E-state index in [2.05, 4.69) is 26.9 Å². The summed E-state index contributed by atoms with van der Waals surface area (Å²) in [4.78, 5) is 4.72. The zero-order valence-electron chi connectivity index (χ0n) is 15.4. The van der Waals surface area contributed by atoms with Gasteiger partial charge in [-0.2, -0.15) is 10.4 Å². The lowest BCUT2D eigenvalue weighted by molar-refractivity contribution is 0.415. The number of rotatable bonds is 5. The first kappa shape index (κ1) is 17.4. The van der Waals surface area contributed by atoms with Crippen molar-refractivity contribution in [2.45, 2.75) is 6.92 Å². The van der Waals surface area contributed by atoms with E-state index >= 15 is 0 Å². The Labute approximate surface area is 162 Å². The van der Waals surface area contributed by atoms with Crippen LogP contribution in [0, 0.1) is 18.3 Å².